The Morgan fingerprint density at radius 3 is 2.74 bits per heavy atom. The quantitative estimate of drug-likeness (QED) is 0.878. The first-order chi connectivity index (χ1) is 8.99. The van der Waals surface area contributed by atoms with Crippen molar-refractivity contribution in [1.29, 1.82) is 0 Å². The van der Waals surface area contributed by atoms with Crippen molar-refractivity contribution in [2.24, 2.45) is 0 Å². The molecule has 2 N–H and O–H groups in total. The Hall–Kier alpha value is -2.04. The van der Waals surface area contributed by atoms with Gasteiger partial charge >= 0.3 is 12.1 Å². The maximum Gasteiger partial charge on any atom is 0.411 e. The molecule has 1 aromatic carbocycles. The first kappa shape index (κ1) is 13.4. The molecule has 0 aliphatic carbocycles. The number of amides is 1. The summed E-state index contributed by atoms with van der Waals surface area (Å²) in [5.41, 5.74) is 2.67. The highest BCUT2D eigenvalue weighted by Crippen LogP contribution is 2.31. The van der Waals surface area contributed by atoms with Crippen molar-refractivity contribution >= 4 is 17.7 Å². The van der Waals surface area contributed by atoms with E-state index in [9.17, 15) is 9.59 Å². The minimum Gasteiger partial charge on any atom is -0.481 e. The number of hydrogen-bond acceptors (Lipinski definition) is 2. The molecule has 1 unspecified atom stereocenters. The van der Waals surface area contributed by atoms with Gasteiger partial charge < -0.3 is 10.2 Å². The van der Waals surface area contributed by atoms with Crippen molar-refractivity contribution < 1.29 is 19.8 Å². The molecule has 19 heavy (non-hydrogen) atoms. The first-order valence-electron chi connectivity index (χ1n) is 6.34. The fourth-order valence-electron chi connectivity index (χ4n) is 2.50. The highest BCUT2D eigenvalue weighted by Gasteiger charge is 2.22. The van der Waals surface area contributed by atoms with Crippen LogP contribution in [-0.2, 0) is 11.2 Å². The predicted octanol–water partition coefficient (Wildman–Crippen LogP) is 2.70. The van der Waals surface area contributed by atoms with Gasteiger partial charge in [-0.05, 0) is 36.0 Å². The minimum absolute atomic E-state index is 0.0667. The molecule has 0 bridgehead atoms. The Bertz CT molecular complexity index is 512. The third-order valence-corrected chi connectivity index (χ3v) is 3.50. The zero-order chi connectivity index (χ0) is 14.0. The molecule has 1 aliphatic rings. The Kier molecular flexibility index (Phi) is 3.74. The molecule has 5 heteroatoms. The molecule has 0 fully saturated rings. The summed E-state index contributed by atoms with van der Waals surface area (Å²) >= 11 is 0. The summed E-state index contributed by atoms with van der Waals surface area (Å²) in [5, 5.41) is 17.9. The van der Waals surface area contributed by atoms with Crippen LogP contribution >= 0.6 is 0 Å². The summed E-state index contributed by atoms with van der Waals surface area (Å²) in [5.74, 6) is -0.889. The monoisotopic (exact) mass is 263 g/mol. The lowest BCUT2D eigenvalue weighted by molar-refractivity contribution is -0.137. The van der Waals surface area contributed by atoms with Crippen LogP contribution in [0.4, 0.5) is 10.5 Å². The first-order valence-corrected chi connectivity index (χ1v) is 6.34. The average molecular weight is 263 g/mol. The maximum absolute atomic E-state index is 11.1. The average Bonchev–Trinajstić information content (AvgIpc) is 2.36. The molecule has 1 aliphatic heterocycles. The van der Waals surface area contributed by atoms with E-state index in [0.717, 1.165) is 29.7 Å². The summed E-state index contributed by atoms with van der Waals surface area (Å²) in [6.07, 6.45) is 0.789. The van der Waals surface area contributed by atoms with Gasteiger partial charge in [0.1, 0.15) is 0 Å². The molecule has 0 radical (unpaired) electrons. The van der Waals surface area contributed by atoms with Gasteiger partial charge in [-0.1, -0.05) is 19.1 Å². The van der Waals surface area contributed by atoms with Gasteiger partial charge in [0.2, 0.25) is 0 Å². The Labute approximate surface area is 111 Å². The second-order valence-corrected chi connectivity index (χ2v) is 4.92. The molecule has 0 saturated heterocycles. The smallest absolute Gasteiger partial charge is 0.411 e. The van der Waals surface area contributed by atoms with E-state index in [2.05, 4.69) is 0 Å². The predicted molar refractivity (Wildman–Crippen MR) is 70.8 cm³/mol. The van der Waals surface area contributed by atoms with E-state index in [-0.39, 0.29) is 12.3 Å². The van der Waals surface area contributed by atoms with Gasteiger partial charge in [-0.15, -0.1) is 0 Å². The minimum atomic E-state index is -0.938. The molecule has 0 spiro atoms. The molecule has 1 heterocycles. The molecule has 1 aromatic rings. The SMILES string of the molecule is CC(CC(=O)O)c1ccc2c(c1)CCCN2C(=O)O. The number of benzene rings is 1. The van der Waals surface area contributed by atoms with Crippen LogP contribution in [-0.4, -0.2) is 28.8 Å². The van der Waals surface area contributed by atoms with Crippen molar-refractivity contribution in [3.63, 3.8) is 0 Å². The number of carboxylic acids is 1. The third kappa shape index (κ3) is 2.86. The van der Waals surface area contributed by atoms with Crippen LogP contribution in [0, 0.1) is 0 Å². The highest BCUT2D eigenvalue weighted by atomic mass is 16.4. The maximum atomic E-state index is 11.1. The van der Waals surface area contributed by atoms with Crippen LogP contribution in [0.1, 0.15) is 36.8 Å². The molecule has 1 atom stereocenters. The summed E-state index contributed by atoms with van der Waals surface area (Å²) in [4.78, 5) is 23.2. The van der Waals surface area contributed by atoms with Gasteiger partial charge in [-0.3, -0.25) is 9.69 Å². The number of rotatable bonds is 3. The van der Waals surface area contributed by atoms with E-state index in [1.54, 1.807) is 6.07 Å². The van der Waals surface area contributed by atoms with Crippen LogP contribution in [0.3, 0.4) is 0 Å². The number of aliphatic carboxylic acids is 1. The fourth-order valence-corrected chi connectivity index (χ4v) is 2.50. The molecular weight excluding hydrogens is 246 g/mol. The van der Waals surface area contributed by atoms with Gasteiger partial charge in [0.25, 0.3) is 0 Å². The second-order valence-electron chi connectivity index (χ2n) is 4.92. The van der Waals surface area contributed by atoms with Crippen molar-refractivity contribution in [3.8, 4) is 0 Å². The topological polar surface area (TPSA) is 77.8 Å². The number of anilines is 1. The van der Waals surface area contributed by atoms with E-state index in [1.807, 2.05) is 19.1 Å². The van der Waals surface area contributed by atoms with Crippen molar-refractivity contribution in [1.82, 2.24) is 0 Å². The summed E-state index contributed by atoms with van der Waals surface area (Å²) in [7, 11) is 0. The molecule has 102 valence electrons. The van der Waals surface area contributed by atoms with Crippen molar-refractivity contribution in [3.05, 3.63) is 29.3 Å². The van der Waals surface area contributed by atoms with E-state index >= 15 is 0 Å². The lowest BCUT2D eigenvalue weighted by Crippen LogP contribution is -2.34. The van der Waals surface area contributed by atoms with Crippen LogP contribution in [0.2, 0.25) is 0 Å². The molecule has 2 rings (SSSR count). The zero-order valence-electron chi connectivity index (χ0n) is 10.8. The number of aryl methyl sites for hydroxylation is 1. The largest absolute Gasteiger partial charge is 0.481 e. The molecule has 5 nitrogen and oxygen atoms in total. The number of fused-ring (bicyclic) bond motifs is 1. The fraction of sp³-hybridized carbons (Fsp3) is 0.429. The number of carbonyl (C=O) groups is 2. The second kappa shape index (κ2) is 5.30. The zero-order valence-corrected chi connectivity index (χ0v) is 10.8. The Morgan fingerprint density at radius 2 is 2.11 bits per heavy atom. The van der Waals surface area contributed by atoms with Crippen LogP contribution in [0.25, 0.3) is 0 Å². The van der Waals surface area contributed by atoms with Gasteiger partial charge in [0, 0.05) is 6.54 Å². The Balaban J connectivity index is 2.28. The van der Waals surface area contributed by atoms with Crippen LogP contribution < -0.4 is 4.90 Å². The number of nitrogens with zero attached hydrogens (tertiary/aromatic N) is 1. The van der Waals surface area contributed by atoms with Gasteiger partial charge in [0.15, 0.2) is 0 Å². The van der Waals surface area contributed by atoms with Gasteiger partial charge in [-0.2, -0.15) is 0 Å². The van der Waals surface area contributed by atoms with Gasteiger partial charge in [0.05, 0.1) is 12.1 Å². The third-order valence-electron chi connectivity index (χ3n) is 3.50. The van der Waals surface area contributed by atoms with Crippen molar-refractivity contribution in [2.75, 3.05) is 11.4 Å². The number of carboxylic acid groups (broad SMARTS) is 2. The van der Waals surface area contributed by atoms with Gasteiger partial charge in [-0.25, -0.2) is 4.79 Å². The highest BCUT2D eigenvalue weighted by molar-refractivity contribution is 5.87. The molecular formula is C14H17NO4. The number of hydrogen-bond donors (Lipinski definition) is 2. The normalized spacial score (nSPS) is 15.7. The van der Waals surface area contributed by atoms with Crippen LogP contribution in [0.15, 0.2) is 18.2 Å². The van der Waals surface area contributed by atoms with E-state index in [1.165, 1.54) is 4.90 Å². The molecule has 0 aromatic heterocycles. The standard InChI is InChI=1S/C14H17NO4/c1-9(7-13(16)17)10-4-5-12-11(8-10)3-2-6-15(12)14(18)19/h4-5,8-9H,2-3,6-7H2,1H3,(H,16,17)(H,18,19). The van der Waals surface area contributed by atoms with E-state index in [0.29, 0.717) is 6.54 Å². The molecule has 1 amide bonds. The van der Waals surface area contributed by atoms with Crippen LogP contribution in [0.5, 0.6) is 0 Å². The molecule has 0 saturated carbocycles. The summed E-state index contributed by atoms with van der Waals surface area (Å²) in [6.45, 7) is 2.39. The lowest BCUT2D eigenvalue weighted by atomic mass is 9.92. The Morgan fingerprint density at radius 1 is 1.37 bits per heavy atom. The lowest BCUT2D eigenvalue weighted by Gasteiger charge is -2.27. The van der Waals surface area contributed by atoms with E-state index in [4.69, 9.17) is 10.2 Å². The summed E-state index contributed by atoms with van der Waals surface area (Å²) < 4.78 is 0. The van der Waals surface area contributed by atoms with E-state index < -0.39 is 12.1 Å². The van der Waals surface area contributed by atoms with Crippen molar-refractivity contribution in [2.45, 2.75) is 32.1 Å². The summed E-state index contributed by atoms with van der Waals surface area (Å²) in [6, 6.07) is 5.56.